The summed E-state index contributed by atoms with van der Waals surface area (Å²) in [5, 5.41) is 9.84. The predicted molar refractivity (Wildman–Crippen MR) is 80.7 cm³/mol. The fourth-order valence-electron chi connectivity index (χ4n) is 1.56. The SMILES string of the molecule is O=C(COc1ccc(Cl)cc1)NNC(=O)c1cccc(O)c1. The van der Waals surface area contributed by atoms with E-state index in [0.717, 1.165) is 0 Å². The summed E-state index contributed by atoms with van der Waals surface area (Å²) in [4.78, 5) is 23.3. The molecule has 6 nitrogen and oxygen atoms in total. The van der Waals surface area contributed by atoms with E-state index in [4.69, 9.17) is 16.3 Å². The molecule has 0 saturated carbocycles. The Kier molecular flexibility index (Phi) is 5.21. The molecule has 0 bridgehead atoms. The zero-order chi connectivity index (χ0) is 15.9. The summed E-state index contributed by atoms with van der Waals surface area (Å²) in [7, 11) is 0. The van der Waals surface area contributed by atoms with Crippen molar-refractivity contribution in [2.24, 2.45) is 0 Å². The van der Waals surface area contributed by atoms with Gasteiger partial charge in [0.1, 0.15) is 11.5 Å². The smallest absolute Gasteiger partial charge is 0.276 e. The van der Waals surface area contributed by atoms with E-state index in [0.29, 0.717) is 10.8 Å². The van der Waals surface area contributed by atoms with Crippen molar-refractivity contribution in [2.45, 2.75) is 0 Å². The highest BCUT2D eigenvalue weighted by Gasteiger charge is 2.08. The van der Waals surface area contributed by atoms with Gasteiger partial charge in [0.2, 0.25) is 0 Å². The molecule has 0 fully saturated rings. The van der Waals surface area contributed by atoms with Gasteiger partial charge in [0, 0.05) is 10.6 Å². The highest BCUT2D eigenvalue weighted by molar-refractivity contribution is 6.30. The van der Waals surface area contributed by atoms with Gasteiger partial charge in [0.25, 0.3) is 11.8 Å². The maximum Gasteiger partial charge on any atom is 0.276 e. The van der Waals surface area contributed by atoms with Crippen LogP contribution in [0.15, 0.2) is 48.5 Å². The summed E-state index contributed by atoms with van der Waals surface area (Å²) < 4.78 is 5.22. The van der Waals surface area contributed by atoms with Crippen molar-refractivity contribution < 1.29 is 19.4 Å². The van der Waals surface area contributed by atoms with Crippen LogP contribution in [0.1, 0.15) is 10.4 Å². The number of carbonyl (C=O) groups excluding carboxylic acids is 2. The molecule has 0 aromatic heterocycles. The van der Waals surface area contributed by atoms with Gasteiger partial charge in [0.05, 0.1) is 0 Å². The summed E-state index contributed by atoms with van der Waals surface area (Å²) in [5.74, 6) is -0.622. The molecule has 22 heavy (non-hydrogen) atoms. The van der Waals surface area contributed by atoms with E-state index in [1.54, 1.807) is 24.3 Å². The third-order valence-corrected chi connectivity index (χ3v) is 2.86. The lowest BCUT2D eigenvalue weighted by molar-refractivity contribution is -0.123. The van der Waals surface area contributed by atoms with Crippen LogP contribution in [0.3, 0.4) is 0 Å². The molecule has 0 aliphatic heterocycles. The number of aromatic hydroxyl groups is 1. The largest absolute Gasteiger partial charge is 0.508 e. The van der Waals surface area contributed by atoms with E-state index in [1.165, 1.54) is 24.3 Å². The van der Waals surface area contributed by atoms with Crippen molar-refractivity contribution in [1.29, 1.82) is 0 Å². The van der Waals surface area contributed by atoms with Gasteiger partial charge in [-0.05, 0) is 42.5 Å². The molecule has 2 aromatic rings. The van der Waals surface area contributed by atoms with Gasteiger partial charge in [-0.1, -0.05) is 17.7 Å². The second-order valence-corrected chi connectivity index (χ2v) is 4.73. The number of carbonyl (C=O) groups is 2. The Labute approximate surface area is 131 Å². The lowest BCUT2D eigenvalue weighted by Gasteiger charge is -2.09. The number of hydrogen-bond acceptors (Lipinski definition) is 4. The Hall–Kier alpha value is -2.73. The minimum atomic E-state index is -0.546. The second kappa shape index (κ2) is 7.33. The molecular weight excluding hydrogens is 308 g/mol. The average Bonchev–Trinajstić information content (AvgIpc) is 2.52. The standard InChI is InChI=1S/C15H13ClN2O4/c16-11-4-6-13(7-5-11)22-9-14(20)17-18-15(21)10-2-1-3-12(19)8-10/h1-8,19H,9H2,(H,17,20)(H,18,21). The van der Waals surface area contributed by atoms with Gasteiger partial charge < -0.3 is 9.84 Å². The number of phenolic OH excluding ortho intramolecular Hbond substituents is 1. The van der Waals surface area contributed by atoms with Gasteiger partial charge in [-0.2, -0.15) is 0 Å². The summed E-state index contributed by atoms with van der Waals surface area (Å²) in [6, 6.07) is 12.3. The van der Waals surface area contributed by atoms with Gasteiger partial charge >= 0.3 is 0 Å². The van der Waals surface area contributed by atoms with Crippen molar-refractivity contribution in [3.63, 3.8) is 0 Å². The number of amides is 2. The number of phenols is 1. The number of rotatable bonds is 4. The maximum atomic E-state index is 11.7. The predicted octanol–water partition coefficient (Wildman–Crippen LogP) is 1.89. The fourth-order valence-corrected chi connectivity index (χ4v) is 1.69. The first kappa shape index (κ1) is 15.7. The molecule has 7 heteroatoms. The van der Waals surface area contributed by atoms with E-state index in [-0.39, 0.29) is 17.9 Å². The fraction of sp³-hybridized carbons (Fsp3) is 0.0667. The summed E-state index contributed by atoms with van der Waals surface area (Å²) in [5.41, 5.74) is 4.65. The highest BCUT2D eigenvalue weighted by atomic mass is 35.5. The molecule has 0 atom stereocenters. The summed E-state index contributed by atoms with van der Waals surface area (Å²) >= 11 is 5.73. The van der Waals surface area contributed by atoms with E-state index in [2.05, 4.69) is 10.9 Å². The highest BCUT2D eigenvalue weighted by Crippen LogP contribution is 2.15. The van der Waals surface area contributed by atoms with Crippen LogP contribution in [-0.2, 0) is 4.79 Å². The Bertz CT molecular complexity index is 673. The van der Waals surface area contributed by atoms with Crippen molar-refractivity contribution in [1.82, 2.24) is 10.9 Å². The Morgan fingerprint density at radius 3 is 2.50 bits per heavy atom. The lowest BCUT2D eigenvalue weighted by atomic mass is 10.2. The van der Waals surface area contributed by atoms with Crippen molar-refractivity contribution in [3.8, 4) is 11.5 Å². The topological polar surface area (TPSA) is 87.7 Å². The minimum Gasteiger partial charge on any atom is -0.508 e. The van der Waals surface area contributed by atoms with Crippen molar-refractivity contribution >= 4 is 23.4 Å². The third-order valence-electron chi connectivity index (χ3n) is 2.61. The number of halogens is 1. The molecule has 0 aliphatic carbocycles. The van der Waals surface area contributed by atoms with Gasteiger partial charge in [-0.3, -0.25) is 20.4 Å². The lowest BCUT2D eigenvalue weighted by Crippen LogP contribution is -2.43. The quantitative estimate of drug-likeness (QED) is 0.751. The number of hydrogen-bond donors (Lipinski definition) is 3. The Morgan fingerprint density at radius 2 is 1.82 bits per heavy atom. The molecule has 2 amide bonds. The van der Waals surface area contributed by atoms with Crippen LogP contribution in [-0.4, -0.2) is 23.5 Å². The molecular formula is C15H13ClN2O4. The van der Waals surface area contributed by atoms with E-state index in [9.17, 15) is 14.7 Å². The number of hydrazine groups is 1. The monoisotopic (exact) mass is 320 g/mol. The number of ether oxygens (including phenoxy) is 1. The molecule has 0 spiro atoms. The van der Waals surface area contributed by atoms with Crippen LogP contribution in [0.25, 0.3) is 0 Å². The van der Waals surface area contributed by atoms with Gasteiger partial charge in [0.15, 0.2) is 6.61 Å². The average molecular weight is 321 g/mol. The summed E-state index contributed by atoms with van der Waals surface area (Å²) in [6.45, 7) is -0.262. The first-order valence-electron chi connectivity index (χ1n) is 6.31. The third kappa shape index (κ3) is 4.68. The first-order chi connectivity index (χ1) is 10.5. The van der Waals surface area contributed by atoms with Crippen LogP contribution in [0, 0.1) is 0 Å². The minimum absolute atomic E-state index is 0.0370. The molecule has 2 aromatic carbocycles. The molecule has 0 heterocycles. The molecule has 114 valence electrons. The number of nitrogens with one attached hydrogen (secondary N) is 2. The second-order valence-electron chi connectivity index (χ2n) is 4.30. The normalized spacial score (nSPS) is 9.86. The van der Waals surface area contributed by atoms with Crippen LogP contribution in [0.2, 0.25) is 5.02 Å². The van der Waals surface area contributed by atoms with Crippen molar-refractivity contribution in [2.75, 3.05) is 6.61 Å². The zero-order valence-corrected chi connectivity index (χ0v) is 12.1. The zero-order valence-electron chi connectivity index (χ0n) is 11.4. The first-order valence-corrected chi connectivity index (χ1v) is 6.69. The molecule has 0 saturated heterocycles. The van der Waals surface area contributed by atoms with Crippen LogP contribution in [0.4, 0.5) is 0 Å². The van der Waals surface area contributed by atoms with Gasteiger partial charge in [-0.15, -0.1) is 0 Å². The van der Waals surface area contributed by atoms with Crippen LogP contribution >= 0.6 is 11.6 Å². The number of benzene rings is 2. The Morgan fingerprint density at radius 1 is 1.09 bits per heavy atom. The Balaban J connectivity index is 1.78. The van der Waals surface area contributed by atoms with E-state index < -0.39 is 11.8 Å². The van der Waals surface area contributed by atoms with E-state index in [1.807, 2.05) is 0 Å². The molecule has 3 N–H and O–H groups in total. The van der Waals surface area contributed by atoms with Crippen LogP contribution < -0.4 is 15.6 Å². The maximum absolute atomic E-state index is 11.7. The van der Waals surface area contributed by atoms with Crippen LogP contribution in [0.5, 0.6) is 11.5 Å². The van der Waals surface area contributed by atoms with E-state index >= 15 is 0 Å². The molecule has 0 aliphatic rings. The molecule has 0 radical (unpaired) electrons. The van der Waals surface area contributed by atoms with Gasteiger partial charge in [-0.25, -0.2) is 0 Å². The molecule has 0 unspecified atom stereocenters. The summed E-state index contributed by atoms with van der Waals surface area (Å²) in [6.07, 6.45) is 0. The molecule has 2 rings (SSSR count). The van der Waals surface area contributed by atoms with Crippen molar-refractivity contribution in [3.05, 3.63) is 59.1 Å².